The molecule has 2 aliphatic rings. The summed E-state index contributed by atoms with van der Waals surface area (Å²) in [7, 11) is 0. The van der Waals surface area contributed by atoms with E-state index in [1.54, 1.807) is 0 Å². The fourth-order valence-corrected chi connectivity index (χ4v) is 4.81. The van der Waals surface area contributed by atoms with Crippen LogP contribution in [0.3, 0.4) is 0 Å². The van der Waals surface area contributed by atoms with Gasteiger partial charge in [0.2, 0.25) is 5.95 Å². The first kappa shape index (κ1) is 21.9. The SMILES string of the molecule is CC(C)C(N)CN1CCC(Nc2nc3c(n2Cc2cccc4cccnc24)CC=CN3)CC1. The zero-order valence-electron chi connectivity index (χ0n) is 19.7. The highest BCUT2D eigenvalue weighted by Crippen LogP contribution is 2.28. The van der Waals surface area contributed by atoms with Crippen molar-refractivity contribution in [3.63, 3.8) is 0 Å². The van der Waals surface area contributed by atoms with Crippen molar-refractivity contribution in [2.45, 2.75) is 51.7 Å². The highest BCUT2D eigenvalue weighted by Gasteiger charge is 2.25. The fraction of sp³-hybridized carbons (Fsp3) is 0.462. The molecule has 1 aromatic carbocycles. The van der Waals surface area contributed by atoms with E-state index >= 15 is 0 Å². The second kappa shape index (κ2) is 9.53. The van der Waals surface area contributed by atoms with Crippen molar-refractivity contribution < 1.29 is 0 Å². The lowest BCUT2D eigenvalue weighted by Gasteiger charge is -2.34. The number of pyridine rings is 1. The Balaban J connectivity index is 1.34. The highest BCUT2D eigenvalue weighted by molar-refractivity contribution is 5.81. The third-order valence-electron chi connectivity index (χ3n) is 7.01. The van der Waals surface area contributed by atoms with Crippen LogP contribution in [-0.4, -0.2) is 51.2 Å². The van der Waals surface area contributed by atoms with Gasteiger partial charge in [-0.05, 0) is 36.6 Å². The molecule has 7 heteroatoms. The van der Waals surface area contributed by atoms with E-state index in [1.807, 2.05) is 18.5 Å². The van der Waals surface area contributed by atoms with Gasteiger partial charge < -0.3 is 25.8 Å². The van der Waals surface area contributed by atoms with Crippen molar-refractivity contribution in [3.8, 4) is 0 Å². The molecule has 1 unspecified atom stereocenters. The maximum absolute atomic E-state index is 6.31. The number of fused-ring (bicyclic) bond motifs is 2. The number of benzene rings is 1. The summed E-state index contributed by atoms with van der Waals surface area (Å²) in [4.78, 5) is 12.1. The van der Waals surface area contributed by atoms with Gasteiger partial charge in [-0.2, -0.15) is 4.98 Å². The standard InChI is InChI=1S/C26H35N7/c1-18(2)22(27)17-32-14-10-21(11-15-32)30-26-31-25-23(9-5-13-29-25)33(26)16-20-7-3-6-19-8-4-12-28-24(19)20/h3-8,12-13,18,21-22,29H,9-11,14-17,27H2,1-2H3,(H,30,31). The van der Waals surface area contributed by atoms with E-state index in [9.17, 15) is 0 Å². The number of likely N-dealkylation sites (tertiary alicyclic amines) is 1. The van der Waals surface area contributed by atoms with Crippen molar-refractivity contribution in [3.05, 3.63) is 60.1 Å². The molecule has 0 radical (unpaired) electrons. The summed E-state index contributed by atoms with van der Waals surface area (Å²) in [6.45, 7) is 8.29. The van der Waals surface area contributed by atoms with Gasteiger partial charge in [-0.25, -0.2) is 0 Å². The molecule has 2 aliphatic heterocycles. The Kier molecular flexibility index (Phi) is 6.33. The Labute approximate surface area is 196 Å². The number of hydrogen-bond acceptors (Lipinski definition) is 6. The molecule has 0 bridgehead atoms. The molecule has 174 valence electrons. The average Bonchev–Trinajstić information content (AvgIpc) is 3.17. The van der Waals surface area contributed by atoms with Crippen LogP contribution in [-0.2, 0) is 13.0 Å². The lowest BCUT2D eigenvalue weighted by atomic mass is 10.0. The largest absolute Gasteiger partial charge is 0.353 e. The molecule has 7 nitrogen and oxygen atoms in total. The Morgan fingerprint density at radius 2 is 2.00 bits per heavy atom. The predicted octanol–water partition coefficient (Wildman–Crippen LogP) is 3.82. The summed E-state index contributed by atoms with van der Waals surface area (Å²) in [6.07, 6.45) is 9.09. The lowest BCUT2D eigenvalue weighted by Crippen LogP contribution is -2.46. The Bertz CT molecular complexity index is 1120. The number of nitrogens with zero attached hydrogens (tertiary/aromatic N) is 4. The number of rotatable bonds is 7. The third kappa shape index (κ3) is 4.75. The van der Waals surface area contributed by atoms with Crippen LogP contribution in [0.5, 0.6) is 0 Å². The topological polar surface area (TPSA) is 84.0 Å². The molecule has 1 atom stereocenters. The van der Waals surface area contributed by atoms with Crippen LogP contribution in [0.2, 0.25) is 0 Å². The van der Waals surface area contributed by atoms with Crippen molar-refractivity contribution in [1.29, 1.82) is 0 Å². The summed E-state index contributed by atoms with van der Waals surface area (Å²) in [5.41, 5.74) is 9.79. The van der Waals surface area contributed by atoms with Crippen molar-refractivity contribution >= 4 is 22.7 Å². The normalized spacial score (nSPS) is 17.8. The van der Waals surface area contributed by atoms with Gasteiger partial charge in [0.15, 0.2) is 5.82 Å². The first-order valence-corrected chi connectivity index (χ1v) is 12.2. The molecule has 0 aliphatic carbocycles. The Morgan fingerprint density at radius 1 is 1.18 bits per heavy atom. The summed E-state index contributed by atoms with van der Waals surface area (Å²) >= 11 is 0. The third-order valence-corrected chi connectivity index (χ3v) is 7.01. The number of allylic oxidation sites excluding steroid dienone is 1. The second-order valence-corrected chi connectivity index (χ2v) is 9.69. The van der Waals surface area contributed by atoms with Crippen molar-refractivity contribution in [2.24, 2.45) is 11.7 Å². The van der Waals surface area contributed by atoms with Crippen LogP contribution in [0.4, 0.5) is 11.8 Å². The molecule has 2 aromatic heterocycles. The van der Waals surface area contributed by atoms with Gasteiger partial charge in [0.1, 0.15) is 0 Å². The van der Waals surface area contributed by atoms with Gasteiger partial charge in [0, 0.05) is 49.7 Å². The molecular formula is C26H35N7. The maximum atomic E-state index is 6.31. The maximum Gasteiger partial charge on any atom is 0.205 e. The molecule has 1 saturated heterocycles. The molecule has 1 fully saturated rings. The van der Waals surface area contributed by atoms with Gasteiger partial charge in [-0.15, -0.1) is 0 Å². The lowest BCUT2D eigenvalue weighted by molar-refractivity contribution is 0.194. The number of anilines is 2. The minimum absolute atomic E-state index is 0.244. The molecular weight excluding hydrogens is 410 g/mol. The van der Waals surface area contributed by atoms with Crippen LogP contribution in [0.15, 0.2) is 48.8 Å². The van der Waals surface area contributed by atoms with Gasteiger partial charge >= 0.3 is 0 Å². The van der Waals surface area contributed by atoms with Crippen molar-refractivity contribution in [2.75, 3.05) is 30.3 Å². The quantitative estimate of drug-likeness (QED) is 0.513. The predicted molar refractivity (Wildman–Crippen MR) is 135 cm³/mol. The molecule has 0 saturated carbocycles. The van der Waals surface area contributed by atoms with Crippen LogP contribution >= 0.6 is 0 Å². The number of para-hydroxylation sites is 1. The minimum atomic E-state index is 0.244. The molecule has 3 aromatic rings. The zero-order valence-corrected chi connectivity index (χ0v) is 19.7. The van der Waals surface area contributed by atoms with E-state index in [2.05, 4.69) is 69.3 Å². The summed E-state index contributed by atoms with van der Waals surface area (Å²) < 4.78 is 2.33. The molecule has 0 spiro atoms. The summed E-state index contributed by atoms with van der Waals surface area (Å²) in [5.74, 6) is 2.42. The summed E-state index contributed by atoms with van der Waals surface area (Å²) in [6, 6.07) is 11.2. The van der Waals surface area contributed by atoms with E-state index in [-0.39, 0.29) is 6.04 Å². The van der Waals surface area contributed by atoms with Gasteiger partial charge in [0.05, 0.1) is 17.8 Å². The zero-order chi connectivity index (χ0) is 22.8. The first-order valence-electron chi connectivity index (χ1n) is 12.2. The van der Waals surface area contributed by atoms with Gasteiger partial charge in [-0.3, -0.25) is 4.98 Å². The van der Waals surface area contributed by atoms with Gasteiger partial charge in [0.25, 0.3) is 0 Å². The average molecular weight is 446 g/mol. The number of nitrogens with one attached hydrogen (secondary N) is 2. The van der Waals surface area contributed by atoms with Crippen LogP contribution in [0, 0.1) is 5.92 Å². The molecule has 4 N–H and O–H groups in total. The second-order valence-electron chi connectivity index (χ2n) is 9.69. The number of nitrogens with two attached hydrogens (primary N) is 1. The molecule has 5 rings (SSSR count). The van der Waals surface area contributed by atoms with E-state index in [1.165, 1.54) is 16.6 Å². The van der Waals surface area contributed by atoms with Crippen LogP contribution in [0.25, 0.3) is 10.9 Å². The summed E-state index contributed by atoms with van der Waals surface area (Å²) in [5, 5.41) is 8.28. The number of hydrogen-bond donors (Lipinski definition) is 3. The monoisotopic (exact) mass is 445 g/mol. The smallest absolute Gasteiger partial charge is 0.205 e. The molecule has 4 heterocycles. The number of aromatic nitrogens is 3. The van der Waals surface area contributed by atoms with Gasteiger partial charge in [-0.1, -0.05) is 44.2 Å². The minimum Gasteiger partial charge on any atom is -0.353 e. The van der Waals surface area contributed by atoms with Crippen molar-refractivity contribution in [1.82, 2.24) is 19.4 Å². The molecule has 0 amide bonds. The number of imidazole rings is 1. The van der Waals surface area contributed by atoms with E-state index in [4.69, 9.17) is 10.7 Å². The van der Waals surface area contributed by atoms with Crippen LogP contribution < -0.4 is 16.4 Å². The Hall–Kier alpha value is -2.90. The van der Waals surface area contributed by atoms with E-state index in [0.717, 1.165) is 62.7 Å². The highest BCUT2D eigenvalue weighted by atomic mass is 15.3. The van der Waals surface area contributed by atoms with Crippen LogP contribution in [0.1, 0.15) is 37.9 Å². The first-order chi connectivity index (χ1) is 16.1. The Morgan fingerprint density at radius 3 is 2.82 bits per heavy atom. The fourth-order valence-electron chi connectivity index (χ4n) is 4.81. The van der Waals surface area contributed by atoms with E-state index < -0.39 is 0 Å². The number of piperidine rings is 1. The van der Waals surface area contributed by atoms with E-state index in [0.29, 0.717) is 12.0 Å². The molecule has 33 heavy (non-hydrogen) atoms.